The number of rotatable bonds is 3. The summed E-state index contributed by atoms with van der Waals surface area (Å²) < 4.78 is 0. The average molecular weight is 321 g/mol. The van der Waals surface area contributed by atoms with E-state index in [-0.39, 0.29) is 11.9 Å². The lowest BCUT2D eigenvalue weighted by molar-refractivity contribution is -0.119. The molecule has 24 heavy (non-hydrogen) atoms. The summed E-state index contributed by atoms with van der Waals surface area (Å²) in [5, 5.41) is 8.34. The van der Waals surface area contributed by atoms with Crippen LogP contribution in [0.3, 0.4) is 0 Å². The second-order valence-corrected chi connectivity index (χ2v) is 5.79. The Hall–Kier alpha value is -3.08. The number of hydrogen-bond acceptors (Lipinski definition) is 2. The third kappa shape index (κ3) is 3.15. The van der Waals surface area contributed by atoms with Gasteiger partial charge in [-0.1, -0.05) is 49.0 Å². The summed E-state index contributed by atoms with van der Waals surface area (Å²) in [4.78, 5) is 24.7. The number of carbonyl (C=O) groups is 2. The Morgan fingerprint density at radius 1 is 1.08 bits per heavy atom. The molecule has 3 amide bonds. The van der Waals surface area contributed by atoms with Crippen LogP contribution in [0.1, 0.15) is 17.2 Å². The quantitative estimate of drug-likeness (QED) is 0.813. The lowest BCUT2D eigenvalue weighted by Crippen LogP contribution is -2.52. The average Bonchev–Trinajstić information content (AvgIpc) is 2.55. The van der Waals surface area contributed by atoms with Crippen molar-refractivity contribution in [3.05, 3.63) is 78.0 Å². The van der Waals surface area contributed by atoms with E-state index >= 15 is 0 Å². The minimum Gasteiger partial charge on any atom is -0.330 e. The third-order valence-electron chi connectivity index (χ3n) is 4.12. The maximum atomic E-state index is 12.8. The zero-order chi connectivity index (χ0) is 17.1. The predicted octanol–water partition coefficient (Wildman–Crippen LogP) is 3.12. The number of aryl methyl sites for hydroxylation is 1. The standard InChI is InChI=1S/C19H19N3O2/c1-12-8-6-7-11-15(12)17-16(13(2)20-19(24)22-17)18(23)21-14-9-4-3-5-10-14/h3-11,16-17H,2H2,1H3,(H,21,23)(H2,20,22,24)/t16-,17+/m0/s1. The van der Waals surface area contributed by atoms with E-state index in [2.05, 4.69) is 22.5 Å². The number of anilines is 1. The van der Waals surface area contributed by atoms with Gasteiger partial charge in [-0.3, -0.25) is 4.79 Å². The Morgan fingerprint density at radius 2 is 1.75 bits per heavy atom. The molecule has 1 aliphatic rings. The molecule has 0 bridgehead atoms. The molecule has 5 heteroatoms. The van der Waals surface area contributed by atoms with E-state index in [4.69, 9.17) is 0 Å². The van der Waals surface area contributed by atoms with E-state index in [1.165, 1.54) is 0 Å². The number of carbonyl (C=O) groups excluding carboxylic acids is 2. The number of amides is 3. The van der Waals surface area contributed by atoms with Gasteiger partial charge >= 0.3 is 6.03 Å². The summed E-state index contributed by atoms with van der Waals surface area (Å²) in [6.07, 6.45) is 0. The van der Waals surface area contributed by atoms with Gasteiger partial charge in [-0.05, 0) is 30.2 Å². The summed E-state index contributed by atoms with van der Waals surface area (Å²) in [5.41, 5.74) is 3.01. The molecule has 3 rings (SSSR count). The molecule has 1 fully saturated rings. The molecular weight excluding hydrogens is 302 g/mol. The number of para-hydroxylation sites is 1. The fourth-order valence-corrected chi connectivity index (χ4v) is 2.93. The van der Waals surface area contributed by atoms with Crippen LogP contribution in [0, 0.1) is 12.8 Å². The van der Waals surface area contributed by atoms with Crippen LogP contribution in [0.15, 0.2) is 66.9 Å². The van der Waals surface area contributed by atoms with Gasteiger partial charge in [0.1, 0.15) is 5.92 Å². The predicted molar refractivity (Wildman–Crippen MR) is 93.3 cm³/mol. The number of urea groups is 1. The fourth-order valence-electron chi connectivity index (χ4n) is 2.93. The largest absolute Gasteiger partial charge is 0.330 e. The van der Waals surface area contributed by atoms with Crippen molar-refractivity contribution in [2.75, 3.05) is 5.32 Å². The normalized spacial score (nSPS) is 20.0. The van der Waals surface area contributed by atoms with E-state index in [1.807, 2.05) is 61.5 Å². The molecule has 1 aliphatic heterocycles. The first-order valence-electron chi connectivity index (χ1n) is 7.74. The molecule has 0 spiro atoms. The van der Waals surface area contributed by atoms with E-state index in [0.717, 1.165) is 11.1 Å². The lowest BCUT2D eigenvalue weighted by atomic mass is 9.86. The molecular formula is C19H19N3O2. The highest BCUT2D eigenvalue weighted by atomic mass is 16.2. The van der Waals surface area contributed by atoms with Crippen LogP contribution < -0.4 is 16.0 Å². The van der Waals surface area contributed by atoms with E-state index in [1.54, 1.807) is 0 Å². The number of benzene rings is 2. The Kier molecular flexibility index (Phi) is 4.33. The minimum absolute atomic E-state index is 0.216. The van der Waals surface area contributed by atoms with E-state index in [0.29, 0.717) is 11.4 Å². The van der Waals surface area contributed by atoms with Crippen molar-refractivity contribution in [2.24, 2.45) is 5.92 Å². The van der Waals surface area contributed by atoms with Crippen molar-refractivity contribution < 1.29 is 9.59 Å². The summed E-state index contributed by atoms with van der Waals surface area (Å²) in [7, 11) is 0. The van der Waals surface area contributed by atoms with Gasteiger partial charge in [-0.15, -0.1) is 0 Å². The monoisotopic (exact) mass is 321 g/mol. The zero-order valence-electron chi connectivity index (χ0n) is 13.4. The van der Waals surface area contributed by atoms with Crippen LogP contribution in [0.2, 0.25) is 0 Å². The van der Waals surface area contributed by atoms with Crippen molar-refractivity contribution in [3.8, 4) is 0 Å². The van der Waals surface area contributed by atoms with Crippen LogP contribution >= 0.6 is 0 Å². The molecule has 1 heterocycles. The van der Waals surface area contributed by atoms with Gasteiger partial charge in [-0.25, -0.2) is 4.79 Å². The zero-order valence-corrected chi connectivity index (χ0v) is 13.4. The molecule has 3 N–H and O–H groups in total. The second kappa shape index (κ2) is 6.58. The molecule has 2 aromatic rings. The Morgan fingerprint density at radius 3 is 2.46 bits per heavy atom. The molecule has 1 saturated heterocycles. The Balaban J connectivity index is 1.92. The van der Waals surface area contributed by atoms with Gasteiger partial charge in [0.15, 0.2) is 0 Å². The fraction of sp³-hybridized carbons (Fsp3) is 0.158. The summed E-state index contributed by atoms with van der Waals surface area (Å²) >= 11 is 0. The van der Waals surface area contributed by atoms with Gasteiger partial charge in [0.05, 0.1) is 6.04 Å². The van der Waals surface area contributed by atoms with Gasteiger partial charge in [-0.2, -0.15) is 0 Å². The lowest BCUT2D eigenvalue weighted by Gasteiger charge is -2.34. The highest BCUT2D eigenvalue weighted by molar-refractivity contribution is 5.97. The molecule has 5 nitrogen and oxygen atoms in total. The van der Waals surface area contributed by atoms with Crippen LogP contribution in [0.25, 0.3) is 0 Å². The van der Waals surface area contributed by atoms with E-state index in [9.17, 15) is 9.59 Å². The minimum atomic E-state index is -0.607. The van der Waals surface area contributed by atoms with Crippen LogP contribution in [-0.4, -0.2) is 11.9 Å². The summed E-state index contributed by atoms with van der Waals surface area (Å²) in [6, 6.07) is 16.1. The van der Waals surface area contributed by atoms with Crippen molar-refractivity contribution in [1.82, 2.24) is 10.6 Å². The maximum Gasteiger partial charge on any atom is 0.319 e. The molecule has 0 aliphatic carbocycles. The molecule has 0 aromatic heterocycles. The number of hydrogen-bond donors (Lipinski definition) is 3. The summed E-state index contributed by atoms with van der Waals surface area (Å²) in [6.45, 7) is 5.84. The molecule has 0 radical (unpaired) electrons. The van der Waals surface area contributed by atoms with Crippen LogP contribution in [0.5, 0.6) is 0 Å². The first-order chi connectivity index (χ1) is 11.6. The topological polar surface area (TPSA) is 70.2 Å². The molecule has 0 saturated carbocycles. The Labute approximate surface area is 140 Å². The van der Waals surface area contributed by atoms with Crippen LogP contribution in [0.4, 0.5) is 10.5 Å². The second-order valence-electron chi connectivity index (χ2n) is 5.79. The van der Waals surface area contributed by atoms with Gasteiger partial charge in [0.2, 0.25) is 5.91 Å². The van der Waals surface area contributed by atoms with Gasteiger partial charge < -0.3 is 16.0 Å². The molecule has 0 unspecified atom stereocenters. The van der Waals surface area contributed by atoms with Crippen molar-refractivity contribution >= 4 is 17.6 Å². The van der Waals surface area contributed by atoms with Crippen molar-refractivity contribution in [1.29, 1.82) is 0 Å². The summed E-state index contributed by atoms with van der Waals surface area (Å²) in [5.74, 6) is -0.823. The molecule has 122 valence electrons. The maximum absolute atomic E-state index is 12.8. The SMILES string of the molecule is C=C1NC(=O)N[C@H](c2ccccc2C)[C@H]1C(=O)Nc1ccccc1. The highest BCUT2D eigenvalue weighted by Crippen LogP contribution is 2.32. The third-order valence-corrected chi connectivity index (χ3v) is 4.12. The molecule has 2 atom stereocenters. The molecule has 2 aromatic carbocycles. The Bertz CT molecular complexity index is 786. The highest BCUT2D eigenvalue weighted by Gasteiger charge is 2.38. The van der Waals surface area contributed by atoms with Crippen molar-refractivity contribution in [3.63, 3.8) is 0 Å². The van der Waals surface area contributed by atoms with Gasteiger partial charge in [0, 0.05) is 11.4 Å². The van der Waals surface area contributed by atoms with Crippen molar-refractivity contribution in [2.45, 2.75) is 13.0 Å². The number of nitrogens with one attached hydrogen (secondary N) is 3. The van der Waals surface area contributed by atoms with Crippen LogP contribution in [-0.2, 0) is 4.79 Å². The van der Waals surface area contributed by atoms with Gasteiger partial charge in [0.25, 0.3) is 0 Å². The smallest absolute Gasteiger partial charge is 0.319 e. The van der Waals surface area contributed by atoms with E-state index < -0.39 is 12.0 Å². The first kappa shape index (κ1) is 15.8. The first-order valence-corrected chi connectivity index (χ1v) is 7.74.